The standard InChI is InChI=1S/C35H25ClN4O3S/c1-21-28(32(41)38-24-15-6-3-7-16-24)30(22-12-4-2-5-13-22)40-34(43)31(44-35(40)37-21)29-25-17-9-11-19-27(25)39(33(29)42)20-23-14-8-10-18-26(23)36/h2-19,30H,20H2,1H3,(H,38,41)/b31-29+/t30-/m1/s1. The molecular formula is C35H25ClN4O3S. The number of hydrogen-bond donors (Lipinski definition) is 1. The van der Waals surface area contributed by atoms with E-state index in [0.29, 0.717) is 43.6 Å². The summed E-state index contributed by atoms with van der Waals surface area (Å²) < 4.78 is 1.82. The first-order valence-corrected chi connectivity index (χ1v) is 15.2. The van der Waals surface area contributed by atoms with Gasteiger partial charge in [0.15, 0.2) is 4.80 Å². The number of rotatable bonds is 5. The fraction of sp³-hybridized carbons (Fsp3) is 0.0857. The average Bonchev–Trinajstić information content (AvgIpc) is 3.50. The van der Waals surface area contributed by atoms with Crippen LogP contribution in [-0.2, 0) is 16.1 Å². The number of carbonyl (C=O) groups is 2. The molecule has 216 valence electrons. The lowest BCUT2D eigenvalue weighted by Gasteiger charge is -2.25. The van der Waals surface area contributed by atoms with Gasteiger partial charge in [0.25, 0.3) is 17.4 Å². The van der Waals surface area contributed by atoms with E-state index in [0.717, 1.165) is 11.1 Å². The Hall–Kier alpha value is -5.05. The molecule has 0 fully saturated rings. The minimum Gasteiger partial charge on any atom is -0.322 e. The number of carbonyl (C=O) groups excluding carboxylic acids is 2. The first-order chi connectivity index (χ1) is 21.4. The van der Waals surface area contributed by atoms with E-state index in [1.165, 1.54) is 11.3 Å². The number of thiazole rings is 1. The van der Waals surface area contributed by atoms with Crippen LogP contribution in [0.15, 0.2) is 130 Å². The van der Waals surface area contributed by atoms with Crippen LogP contribution in [0, 0.1) is 0 Å². The van der Waals surface area contributed by atoms with Crippen molar-refractivity contribution >= 4 is 51.7 Å². The number of nitrogens with one attached hydrogen (secondary N) is 1. The number of fused-ring (bicyclic) bond motifs is 2. The maximum atomic E-state index is 14.4. The van der Waals surface area contributed by atoms with Crippen molar-refractivity contribution in [3.63, 3.8) is 0 Å². The molecule has 2 amide bonds. The van der Waals surface area contributed by atoms with Gasteiger partial charge in [-0.25, -0.2) is 4.99 Å². The summed E-state index contributed by atoms with van der Waals surface area (Å²) in [4.78, 5) is 49.2. The molecule has 3 heterocycles. The third-order valence-corrected chi connectivity index (χ3v) is 9.25. The van der Waals surface area contributed by atoms with Gasteiger partial charge < -0.3 is 10.2 Å². The highest BCUT2D eigenvalue weighted by Gasteiger charge is 2.37. The molecule has 2 aliphatic rings. The third kappa shape index (κ3) is 4.69. The summed E-state index contributed by atoms with van der Waals surface area (Å²) in [6.45, 7) is 2.03. The van der Waals surface area contributed by atoms with Crippen molar-refractivity contribution in [3.05, 3.63) is 162 Å². The molecule has 0 saturated carbocycles. The Morgan fingerprint density at radius 3 is 2.30 bits per heavy atom. The van der Waals surface area contributed by atoms with E-state index < -0.39 is 6.04 Å². The van der Waals surface area contributed by atoms with Crippen molar-refractivity contribution < 1.29 is 9.59 Å². The summed E-state index contributed by atoms with van der Waals surface area (Å²) in [6.07, 6.45) is 0. The first-order valence-electron chi connectivity index (χ1n) is 14.0. The molecular weight excluding hydrogens is 592 g/mol. The van der Waals surface area contributed by atoms with E-state index in [4.69, 9.17) is 16.6 Å². The molecule has 9 heteroatoms. The van der Waals surface area contributed by atoms with Crippen LogP contribution in [-0.4, -0.2) is 16.4 Å². The largest absolute Gasteiger partial charge is 0.322 e. The summed E-state index contributed by atoms with van der Waals surface area (Å²) in [5, 5.41) is 3.52. The molecule has 1 N–H and O–H groups in total. The minimum atomic E-state index is -0.739. The molecule has 0 saturated heterocycles. The molecule has 7 nitrogen and oxygen atoms in total. The fourth-order valence-electron chi connectivity index (χ4n) is 5.79. The molecule has 0 unspecified atom stereocenters. The number of hydrogen-bond acceptors (Lipinski definition) is 5. The van der Waals surface area contributed by atoms with Gasteiger partial charge in [-0.2, -0.15) is 0 Å². The van der Waals surface area contributed by atoms with Crippen molar-refractivity contribution in [2.75, 3.05) is 10.2 Å². The highest BCUT2D eigenvalue weighted by atomic mass is 35.5. The van der Waals surface area contributed by atoms with Gasteiger partial charge in [0, 0.05) is 16.3 Å². The van der Waals surface area contributed by atoms with Gasteiger partial charge in [-0.15, -0.1) is 0 Å². The predicted octanol–water partition coefficient (Wildman–Crippen LogP) is 5.44. The number of amides is 2. The highest BCUT2D eigenvalue weighted by molar-refractivity contribution is 7.07. The van der Waals surface area contributed by atoms with E-state index in [1.54, 1.807) is 34.6 Å². The van der Waals surface area contributed by atoms with Crippen LogP contribution in [0.4, 0.5) is 11.4 Å². The van der Waals surface area contributed by atoms with Crippen LogP contribution < -0.4 is 25.1 Å². The monoisotopic (exact) mass is 616 g/mol. The zero-order chi connectivity index (χ0) is 30.4. The zero-order valence-electron chi connectivity index (χ0n) is 23.5. The van der Waals surface area contributed by atoms with Gasteiger partial charge in [0.1, 0.15) is 4.53 Å². The molecule has 5 aromatic rings. The quantitative estimate of drug-likeness (QED) is 0.285. The number of aromatic nitrogens is 1. The number of nitrogens with zero attached hydrogens (tertiary/aromatic N) is 3. The van der Waals surface area contributed by atoms with Gasteiger partial charge in [0.05, 0.1) is 35.1 Å². The lowest BCUT2D eigenvalue weighted by atomic mass is 9.95. The fourth-order valence-corrected chi connectivity index (χ4v) is 7.12. The van der Waals surface area contributed by atoms with Gasteiger partial charge >= 0.3 is 0 Å². The Labute approximate surface area is 261 Å². The van der Waals surface area contributed by atoms with E-state index in [1.807, 2.05) is 91.0 Å². The summed E-state index contributed by atoms with van der Waals surface area (Å²) in [7, 11) is 0. The van der Waals surface area contributed by atoms with Gasteiger partial charge in [-0.1, -0.05) is 108 Å². The van der Waals surface area contributed by atoms with Crippen molar-refractivity contribution in [2.45, 2.75) is 19.5 Å². The predicted molar refractivity (Wildman–Crippen MR) is 173 cm³/mol. The van der Waals surface area contributed by atoms with Crippen LogP contribution in [0.1, 0.15) is 29.7 Å². The second kappa shape index (κ2) is 11.2. The molecule has 44 heavy (non-hydrogen) atoms. The summed E-state index contributed by atoms with van der Waals surface area (Å²) >= 11 is 7.62. The molecule has 0 bridgehead atoms. The molecule has 7 rings (SSSR count). The van der Waals surface area contributed by atoms with Crippen LogP contribution >= 0.6 is 22.9 Å². The van der Waals surface area contributed by atoms with Gasteiger partial charge in [-0.05, 0) is 42.3 Å². The number of benzene rings is 4. The molecule has 4 aromatic carbocycles. The number of halogens is 1. The summed E-state index contributed by atoms with van der Waals surface area (Å²) in [6, 6.07) is 32.7. The summed E-state index contributed by atoms with van der Waals surface area (Å²) in [5.74, 6) is -0.636. The molecule has 0 aliphatic carbocycles. The normalized spacial score (nSPS) is 16.8. The van der Waals surface area contributed by atoms with Gasteiger partial charge in [0.2, 0.25) is 0 Å². The first kappa shape index (κ1) is 27.8. The Morgan fingerprint density at radius 1 is 0.886 bits per heavy atom. The van der Waals surface area contributed by atoms with E-state index >= 15 is 0 Å². The van der Waals surface area contributed by atoms with Crippen LogP contribution in [0.2, 0.25) is 5.02 Å². The van der Waals surface area contributed by atoms with E-state index in [9.17, 15) is 14.4 Å². The molecule has 0 radical (unpaired) electrons. The smallest absolute Gasteiger partial charge is 0.271 e. The van der Waals surface area contributed by atoms with Crippen LogP contribution in [0.3, 0.4) is 0 Å². The lowest BCUT2D eigenvalue weighted by molar-refractivity contribution is -0.114. The van der Waals surface area contributed by atoms with Crippen molar-refractivity contribution in [3.8, 4) is 0 Å². The molecule has 0 spiro atoms. The SMILES string of the molecule is CC1=C(C(=O)Nc2ccccc2)[C@@H](c2ccccc2)n2c(s/c(=C3/C(=O)N(Cc4ccccc4Cl)c4ccccc43)c2=O)=N1. The Morgan fingerprint density at radius 2 is 1.55 bits per heavy atom. The Kier molecular flexibility index (Phi) is 7.08. The van der Waals surface area contributed by atoms with Crippen LogP contribution in [0.5, 0.6) is 0 Å². The molecule has 1 atom stereocenters. The maximum absolute atomic E-state index is 14.4. The second-order valence-electron chi connectivity index (χ2n) is 10.5. The van der Waals surface area contributed by atoms with Crippen molar-refractivity contribution in [1.29, 1.82) is 0 Å². The number of para-hydroxylation sites is 2. The second-order valence-corrected chi connectivity index (χ2v) is 11.9. The van der Waals surface area contributed by atoms with E-state index in [2.05, 4.69) is 5.32 Å². The number of allylic oxidation sites excluding steroid dienone is 1. The van der Waals surface area contributed by atoms with Crippen molar-refractivity contribution in [2.24, 2.45) is 4.99 Å². The summed E-state index contributed by atoms with van der Waals surface area (Å²) in [5.41, 5.74) is 4.38. The number of anilines is 2. The van der Waals surface area contributed by atoms with Gasteiger partial charge in [-0.3, -0.25) is 19.0 Å². The lowest BCUT2D eigenvalue weighted by Crippen LogP contribution is -2.41. The molecule has 1 aromatic heterocycles. The van der Waals surface area contributed by atoms with Crippen LogP contribution in [0.25, 0.3) is 5.57 Å². The minimum absolute atomic E-state index is 0.257. The Balaban J connectivity index is 1.40. The Bertz CT molecular complexity index is 2170. The average molecular weight is 617 g/mol. The maximum Gasteiger partial charge on any atom is 0.271 e. The van der Waals surface area contributed by atoms with E-state index in [-0.39, 0.29) is 28.5 Å². The molecule has 2 aliphatic heterocycles. The van der Waals surface area contributed by atoms with Crippen molar-refractivity contribution in [1.82, 2.24) is 4.57 Å². The zero-order valence-corrected chi connectivity index (χ0v) is 25.1. The highest BCUT2D eigenvalue weighted by Crippen LogP contribution is 2.37. The topological polar surface area (TPSA) is 83.8 Å². The third-order valence-electron chi connectivity index (χ3n) is 7.83.